The summed E-state index contributed by atoms with van der Waals surface area (Å²) < 4.78 is 16.2. The summed E-state index contributed by atoms with van der Waals surface area (Å²) in [7, 11) is 1.40. The minimum atomic E-state index is -1.59. The Morgan fingerprint density at radius 3 is 2.50 bits per heavy atom. The van der Waals surface area contributed by atoms with Crippen LogP contribution in [0, 0.1) is 6.92 Å². The van der Waals surface area contributed by atoms with Gasteiger partial charge in [0.15, 0.2) is 11.5 Å². The molecule has 0 aromatic heterocycles. The van der Waals surface area contributed by atoms with Crippen molar-refractivity contribution in [2.45, 2.75) is 37.6 Å². The number of phenolic OH excluding ortho intramolecular Hbond substituents is 1. The van der Waals surface area contributed by atoms with Crippen molar-refractivity contribution in [2.24, 2.45) is 0 Å². The molecule has 2 aromatic carbocycles. The third-order valence-corrected chi connectivity index (χ3v) is 4.57. The largest absolute Gasteiger partial charge is 0.502 e. The predicted molar refractivity (Wildman–Crippen MR) is 91.3 cm³/mol. The highest BCUT2D eigenvalue weighted by atomic mass is 16.7. The Morgan fingerprint density at radius 2 is 1.85 bits per heavy atom. The van der Waals surface area contributed by atoms with Crippen molar-refractivity contribution >= 4 is 10.8 Å². The third-order valence-electron chi connectivity index (χ3n) is 4.57. The SMILES string of the molecule is COc1cc2cccc(C)c2c(O[C@@H]2O[C@H](CO)[C@@H](O)[C@H](O)[C@H]2O)c1O. The van der Waals surface area contributed by atoms with E-state index in [0.29, 0.717) is 5.39 Å². The molecule has 0 radical (unpaired) electrons. The van der Waals surface area contributed by atoms with Gasteiger partial charge in [0.2, 0.25) is 12.0 Å². The van der Waals surface area contributed by atoms with Crippen LogP contribution in [0.5, 0.6) is 17.2 Å². The van der Waals surface area contributed by atoms with Gasteiger partial charge in [0.1, 0.15) is 24.4 Å². The molecule has 1 saturated heterocycles. The lowest BCUT2D eigenvalue weighted by molar-refractivity contribution is -0.277. The number of aryl methyl sites for hydroxylation is 1. The summed E-state index contributed by atoms with van der Waals surface area (Å²) in [6.07, 6.45) is -7.18. The quantitative estimate of drug-likeness (QED) is 0.513. The smallest absolute Gasteiger partial charge is 0.229 e. The summed E-state index contributed by atoms with van der Waals surface area (Å²) in [4.78, 5) is 0. The number of hydrogen-bond donors (Lipinski definition) is 5. The Kier molecular flexibility index (Phi) is 5.22. The van der Waals surface area contributed by atoms with Crippen LogP contribution in [-0.2, 0) is 4.74 Å². The van der Waals surface area contributed by atoms with Crippen molar-refractivity contribution < 1.29 is 39.7 Å². The molecular formula is C18H22O8. The second-order valence-electron chi connectivity index (χ2n) is 6.24. The lowest BCUT2D eigenvalue weighted by atomic mass is 9.99. The van der Waals surface area contributed by atoms with E-state index in [1.807, 2.05) is 25.1 Å². The zero-order chi connectivity index (χ0) is 19.0. The van der Waals surface area contributed by atoms with E-state index in [0.717, 1.165) is 10.9 Å². The van der Waals surface area contributed by atoms with Gasteiger partial charge in [-0.05, 0) is 23.9 Å². The van der Waals surface area contributed by atoms with Crippen molar-refractivity contribution in [3.05, 3.63) is 29.8 Å². The average molecular weight is 366 g/mol. The van der Waals surface area contributed by atoms with Crippen LogP contribution in [-0.4, -0.2) is 70.0 Å². The number of benzene rings is 2. The Balaban J connectivity index is 2.06. The highest BCUT2D eigenvalue weighted by Gasteiger charge is 2.45. The van der Waals surface area contributed by atoms with Crippen LogP contribution in [0.4, 0.5) is 0 Å². The molecule has 5 N–H and O–H groups in total. The number of aromatic hydroxyl groups is 1. The molecule has 1 heterocycles. The molecule has 5 atom stereocenters. The number of aliphatic hydroxyl groups excluding tert-OH is 4. The minimum Gasteiger partial charge on any atom is -0.502 e. The van der Waals surface area contributed by atoms with E-state index in [1.165, 1.54) is 7.11 Å². The molecule has 1 fully saturated rings. The van der Waals surface area contributed by atoms with Crippen LogP contribution in [0.3, 0.4) is 0 Å². The van der Waals surface area contributed by atoms with E-state index in [1.54, 1.807) is 6.07 Å². The fraction of sp³-hybridized carbons (Fsp3) is 0.444. The molecule has 0 amide bonds. The Bertz CT molecular complexity index is 790. The second kappa shape index (κ2) is 7.26. The lowest BCUT2D eigenvalue weighted by Gasteiger charge is -2.39. The highest BCUT2D eigenvalue weighted by molar-refractivity contribution is 5.95. The summed E-state index contributed by atoms with van der Waals surface area (Å²) in [6, 6.07) is 7.13. The van der Waals surface area contributed by atoms with Crippen molar-refractivity contribution in [3.8, 4) is 17.2 Å². The summed E-state index contributed by atoms with van der Waals surface area (Å²) in [5, 5.41) is 51.1. The summed E-state index contributed by atoms with van der Waals surface area (Å²) in [5.74, 6) is -0.101. The first-order valence-electron chi connectivity index (χ1n) is 8.15. The number of phenols is 1. The first kappa shape index (κ1) is 18.7. The van der Waals surface area contributed by atoms with Gasteiger partial charge in [0.05, 0.1) is 13.7 Å². The Hall–Kier alpha value is -2.10. The average Bonchev–Trinajstić information content (AvgIpc) is 2.63. The van der Waals surface area contributed by atoms with Crippen LogP contribution < -0.4 is 9.47 Å². The Labute approximate surface area is 149 Å². The maximum Gasteiger partial charge on any atom is 0.229 e. The molecule has 0 spiro atoms. The monoisotopic (exact) mass is 366 g/mol. The number of fused-ring (bicyclic) bond motifs is 1. The summed E-state index contributed by atoms with van der Waals surface area (Å²) >= 11 is 0. The topological polar surface area (TPSA) is 129 Å². The van der Waals surface area contributed by atoms with Crippen LogP contribution in [0.15, 0.2) is 24.3 Å². The van der Waals surface area contributed by atoms with E-state index in [9.17, 15) is 25.5 Å². The van der Waals surface area contributed by atoms with Crippen molar-refractivity contribution in [1.29, 1.82) is 0 Å². The number of hydrogen-bond acceptors (Lipinski definition) is 8. The summed E-state index contributed by atoms with van der Waals surface area (Å²) in [6.45, 7) is 1.25. The standard InChI is InChI=1S/C18H22O8/c1-8-4-3-5-9-6-10(24-2)14(21)17(12(8)9)26-18-16(23)15(22)13(20)11(7-19)25-18/h3-6,11,13,15-16,18-23H,7H2,1-2H3/t11-,13-,15+,16-,18+/m1/s1. The van der Waals surface area contributed by atoms with Gasteiger partial charge in [-0.25, -0.2) is 0 Å². The van der Waals surface area contributed by atoms with E-state index in [-0.39, 0.29) is 17.2 Å². The second-order valence-corrected chi connectivity index (χ2v) is 6.24. The van der Waals surface area contributed by atoms with Crippen LogP contribution >= 0.6 is 0 Å². The van der Waals surface area contributed by atoms with E-state index < -0.39 is 37.3 Å². The van der Waals surface area contributed by atoms with Gasteiger partial charge in [-0.1, -0.05) is 18.2 Å². The number of aliphatic hydroxyl groups is 4. The van der Waals surface area contributed by atoms with Gasteiger partial charge in [-0.15, -0.1) is 0 Å². The highest BCUT2D eigenvalue weighted by Crippen LogP contribution is 2.45. The molecule has 1 aliphatic heterocycles. The maximum atomic E-state index is 10.5. The predicted octanol–water partition coefficient (Wildman–Crippen LogP) is 0.0411. The molecule has 0 aliphatic carbocycles. The Morgan fingerprint density at radius 1 is 1.12 bits per heavy atom. The normalized spacial score (nSPS) is 28.9. The fourth-order valence-corrected chi connectivity index (χ4v) is 3.11. The molecule has 0 bridgehead atoms. The molecular weight excluding hydrogens is 344 g/mol. The van der Waals surface area contributed by atoms with E-state index in [2.05, 4.69) is 0 Å². The molecule has 0 unspecified atom stereocenters. The molecule has 1 aliphatic rings. The van der Waals surface area contributed by atoms with Crippen molar-refractivity contribution in [3.63, 3.8) is 0 Å². The van der Waals surface area contributed by atoms with Gasteiger partial charge < -0.3 is 39.7 Å². The van der Waals surface area contributed by atoms with Gasteiger partial charge in [-0.3, -0.25) is 0 Å². The number of rotatable bonds is 4. The molecule has 0 saturated carbocycles. The van der Waals surface area contributed by atoms with Crippen molar-refractivity contribution in [1.82, 2.24) is 0 Å². The lowest BCUT2D eigenvalue weighted by Crippen LogP contribution is -2.60. The molecule has 3 rings (SSSR count). The molecule has 2 aromatic rings. The fourth-order valence-electron chi connectivity index (χ4n) is 3.11. The minimum absolute atomic E-state index is 0.0155. The van der Waals surface area contributed by atoms with Crippen LogP contribution in [0.1, 0.15) is 5.56 Å². The van der Waals surface area contributed by atoms with Gasteiger partial charge in [0.25, 0.3) is 0 Å². The van der Waals surface area contributed by atoms with Gasteiger partial charge in [0, 0.05) is 5.39 Å². The van der Waals surface area contributed by atoms with E-state index >= 15 is 0 Å². The van der Waals surface area contributed by atoms with Crippen molar-refractivity contribution in [2.75, 3.05) is 13.7 Å². The zero-order valence-electron chi connectivity index (χ0n) is 14.4. The van der Waals surface area contributed by atoms with Crippen LogP contribution in [0.2, 0.25) is 0 Å². The summed E-state index contributed by atoms with van der Waals surface area (Å²) in [5.41, 5.74) is 0.806. The molecule has 26 heavy (non-hydrogen) atoms. The molecule has 8 nitrogen and oxygen atoms in total. The zero-order valence-corrected chi connectivity index (χ0v) is 14.4. The van der Waals surface area contributed by atoms with E-state index in [4.69, 9.17) is 14.2 Å². The number of methoxy groups -OCH3 is 1. The van der Waals surface area contributed by atoms with Gasteiger partial charge in [-0.2, -0.15) is 0 Å². The maximum absolute atomic E-state index is 10.5. The first-order chi connectivity index (χ1) is 12.4. The third kappa shape index (κ3) is 3.06. The van der Waals surface area contributed by atoms with Crippen LogP contribution in [0.25, 0.3) is 10.8 Å². The number of ether oxygens (including phenoxy) is 3. The molecule has 8 heteroatoms. The molecule has 142 valence electrons. The first-order valence-corrected chi connectivity index (χ1v) is 8.15. The van der Waals surface area contributed by atoms with Gasteiger partial charge >= 0.3 is 0 Å².